The number of nitrogens with zero attached hydrogens (tertiary/aromatic N) is 1. The minimum absolute atomic E-state index is 0.0243. The molecule has 1 unspecified atom stereocenters. The first-order valence-corrected chi connectivity index (χ1v) is 11.5. The van der Waals surface area contributed by atoms with E-state index in [-0.39, 0.29) is 38.0 Å². The Morgan fingerprint density at radius 2 is 2.12 bits per heavy atom. The van der Waals surface area contributed by atoms with E-state index in [1.807, 2.05) is 0 Å². The number of benzene rings is 1. The van der Waals surface area contributed by atoms with Crippen LogP contribution < -0.4 is 14.8 Å². The molecule has 1 aromatic carbocycles. The summed E-state index contributed by atoms with van der Waals surface area (Å²) in [6, 6.07) is 4.01. The Balaban J connectivity index is 1.48. The third-order valence-electron chi connectivity index (χ3n) is 4.93. The molecule has 3 N–H and O–H groups in total. The average Bonchev–Trinajstić information content (AvgIpc) is 3.48. The Morgan fingerprint density at radius 3 is 2.78 bits per heavy atom. The molecular formula is C21H28FN3O6S. The van der Waals surface area contributed by atoms with Gasteiger partial charge in [-0.15, -0.1) is 0 Å². The SMILES string of the molecule is CC(C)(O)COc1cc(C2(NS(=O)/C=C/COCN3CCC(=O)NC3=O)CC2)ccc1F. The van der Waals surface area contributed by atoms with Crippen LogP contribution in [0.2, 0.25) is 0 Å². The summed E-state index contributed by atoms with van der Waals surface area (Å²) in [5.41, 5.74) is -0.871. The third-order valence-corrected chi connectivity index (χ3v) is 5.97. The van der Waals surface area contributed by atoms with Crippen molar-refractivity contribution in [2.24, 2.45) is 0 Å². The smallest absolute Gasteiger partial charge is 0.325 e. The maximum absolute atomic E-state index is 14.1. The third kappa shape index (κ3) is 6.83. The van der Waals surface area contributed by atoms with Crippen molar-refractivity contribution < 1.29 is 32.8 Å². The van der Waals surface area contributed by atoms with Crippen LogP contribution in [0.1, 0.15) is 38.7 Å². The quantitative estimate of drug-likeness (QED) is 0.424. The lowest BCUT2D eigenvalue weighted by Gasteiger charge is -2.25. The van der Waals surface area contributed by atoms with Crippen LogP contribution in [0.25, 0.3) is 0 Å². The first kappa shape index (κ1) is 24.3. The van der Waals surface area contributed by atoms with Crippen LogP contribution >= 0.6 is 0 Å². The molecule has 1 saturated carbocycles. The molecule has 0 radical (unpaired) electrons. The molecule has 0 aromatic heterocycles. The molecule has 1 heterocycles. The molecule has 1 atom stereocenters. The molecule has 2 aliphatic rings. The number of carbonyl (C=O) groups is 2. The molecule has 32 heavy (non-hydrogen) atoms. The summed E-state index contributed by atoms with van der Waals surface area (Å²) in [4.78, 5) is 24.1. The van der Waals surface area contributed by atoms with Crippen LogP contribution in [0.15, 0.2) is 29.7 Å². The first-order chi connectivity index (χ1) is 15.1. The molecule has 1 aliphatic carbocycles. The van der Waals surface area contributed by atoms with Crippen LogP contribution in [0.5, 0.6) is 5.75 Å². The maximum atomic E-state index is 14.1. The van der Waals surface area contributed by atoms with Crippen molar-refractivity contribution in [2.75, 3.05) is 26.5 Å². The minimum Gasteiger partial charge on any atom is -0.488 e. The van der Waals surface area contributed by atoms with Gasteiger partial charge in [-0.25, -0.2) is 18.1 Å². The van der Waals surface area contributed by atoms with Crippen molar-refractivity contribution in [3.63, 3.8) is 0 Å². The van der Waals surface area contributed by atoms with Gasteiger partial charge in [0.1, 0.15) is 24.3 Å². The second-order valence-electron chi connectivity index (χ2n) is 8.47. The Morgan fingerprint density at radius 1 is 1.38 bits per heavy atom. The minimum atomic E-state index is -1.50. The molecule has 11 heteroatoms. The van der Waals surface area contributed by atoms with Crippen LogP contribution in [-0.2, 0) is 26.1 Å². The van der Waals surface area contributed by atoms with Gasteiger partial charge >= 0.3 is 6.03 Å². The summed E-state index contributed by atoms with van der Waals surface area (Å²) in [6.45, 7) is 3.54. The highest BCUT2D eigenvalue weighted by atomic mass is 32.2. The number of nitrogens with one attached hydrogen (secondary N) is 2. The summed E-state index contributed by atoms with van der Waals surface area (Å²) in [6.07, 6.45) is 3.29. The molecule has 0 bridgehead atoms. The van der Waals surface area contributed by atoms with E-state index in [1.165, 1.54) is 16.4 Å². The highest BCUT2D eigenvalue weighted by Crippen LogP contribution is 2.47. The van der Waals surface area contributed by atoms with Gasteiger partial charge in [0.25, 0.3) is 0 Å². The van der Waals surface area contributed by atoms with Gasteiger partial charge in [-0.1, -0.05) is 6.07 Å². The van der Waals surface area contributed by atoms with E-state index in [9.17, 15) is 23.3 Å². The molecule has 3 rings (SSSR count). The fraction of sp³-hybridized carbons (Fsp3) is 0.524. The van der Waals surface area contributed by atoms with Crippen molar-refractivity contribution in [3.8, 4) is 5.75 Å². The molecule has 0 spiro atoms. The number of urea groups is 1. The second kappa shape index (κ2) is 10.1. The highest BCUT2D eigenvalue weighted by Gasteiger charge is 2.45. The number of hydrogen-bond donors (Lipinski definition) is 3. The van der Waals surface area contributed by atoms with Crippen molar-refractivity contribution in [1.29, 1.82) is 0 Å². The number of rotatable bonds is 11. The zero-order valence-electron chi connectivity index (χ0n) is 18.1. The first-order valence-electron chi connectivity index (χ1n) is 10.2. The van der Waals surface area contributed by atoms with Crippen molar-refractivity contribution in [1.82, 2.24) is 14.9 Å². The molecule has 1 aromatic rings. The van der Waals surface area contributed by atoms with E-state index in [4.69, 9.17) is 9.47 Å². The number of carbonyl (C=O) groups excluding carboxylic acids is 2. The van der Waals surface area contributed by atoms with Gasteiger partial charge in [0.15, 0.2) is 11.6 Å². The van der Waals surface area contributed by atoms with Crippen molar-refractivity contribution >= 4 is 22.9 Å². The summed E-state index contributed by atoms with van der Waals surface area (Å²) in [7, 11) is -1.50. The number of ether oxygens (including phenoxy) is 2. The maximum Gasteiger partial charge on any atom is 0.325 e. The Labute approximate surface area is 188 Å². The van der Waals surface area contributed by atoms with Gasteiger partial charge in [0, 0.05) is 18.4 Å². The van der Waals surface area contributed by atoms with Gasteiger partial charge in [0.05, 0.1) is 17.7 Å². The standard InChI is InChI=1S/C21H28FN3O6S/c1-20(2,28)13-31-17-12-15(4-5-16(17)22)21(7-8-21)24-32(29)11-3-10-30-14-25-9-6-18(26)23-19(25)27/h3-5,11-12,24,28H,6-10,13-14H2,1-2H3,(H,23,26,27)/b11-3+. The summed E-state index contributed by atoms with van der Waals surface area (Å²) in [5, 5.41) is 13.5. The van der Waals surface area contributed by atoms with E-state index in [1.54, 1.807) is 32.1 Å². The van der Waals surface area contributed by atoms with Gasteiger partial charge < -0.3 is 19.5 Å². The molecule has 3 amide bonds. The lowest BCUT2D eigenvalue weighted by molar-refractivity contribution is -0.122. The number of halogens is 1. The molecule has 9 nitrogen and oxygen atoms in total. The monoisotopic (exact) mass is 469 g/mol. The topological polar surface area (TPSA) is 117 Å². The zero-order valence-corrected chi connectivity index (χ0v) is 18.9. The van der Waals surface area contributed by atoms with Crippen LogP contribution in [-0.4, -0.2) is 58.2 Å². The normalized spacial score (nSPS) is 19.2. The molecule has 2 fully saturated rings. The van der Waals surface area contributed by atoms with Gasteiger partial charge in [-0.3, -0.25) is 10.1 Å². The Kier molecular flexibility index (Phi) is 7.65. The van der Waals surface area contributed by atoms with Gasteiger partial charge in [-0.2, -0.15) is 0 Å². The fourth-order valence-corrected chi connectivity index (χ4v) is 4.08. The Hall–Kier alpha value is -2.34. The van der Waals surface area contributed by atoms with E-state index in [2.05, 4.69) is 10.0 Å². The molecule has 1 aliphatic heterocycles. The van der Waals surface area contributed by atoms with E-state index >= 15 is 0 Å². The van der Waals surface area contributed by atoms with Crippen molar-refractivity contribution in [3.05, 3.63) is 41.1 Å². The summed E-state index contributed by atoms with van der Waals surface area (Å²) in [5.74, 6) is -0.798. The predicted octanol–water partition coefficient (Wildman–Crippen LogP) is 1.65. The van der Waals surface area contributed by atoms with E-state index < -0.39 is 34.0 Å². The van der Waals surface area contributed by atoms with Gasteiger partial charge in [0.2, 0.25) is 5.91 Å². The average molecular weight is 470 g/mol. The zero-order chi connectivity index (χ0) is 23.4. The lowest BCUT2D eigenvalue weighted by Crippen LogP contribution is -2.50. The second-order valence-corrected chi connectivity index (χ2v) is 9.54. The summed E-state index contributed by atoms with van der Waals surface area (Å²) >= 11 is 0. The largest absolute Gasteiger partial charge is 0.488 e. The van der Waals surface area contributed by atoms with E-state index in [0.717, 1.165) is 18.4 Å². The Bertz CT molecular complexity index is 913. The van der Waals surface area contributed by atoms with Crippen LogP contribution in [0, 0.1) is 5.82 Å². The predicted molar refractivity (Wildman–Crippen MR) is 115 cm³/mol. The van der Waals surface area contributed by atoms with Crippen molar-refractivity contribution in [2.45, 2.75) is 44.2 Å². The number of aliphatic hydroxyl groups is 1. The van der Waals surface area contributed by atoms with E-state index in [0.29, 0.717) is 6.54 Å². The number of hydrogen-bond acceptors (Lipinski definition) is 6. The lowest BCUT2D eigenvalue weighted by atomic mass is 10.1. The molecule has 176 valence electrons. The number of amides is 3. The molecule has 1 saturated heterocycles. The fourth-order valence-electron chi connectivity index (χ4n) is 3.05. The summed E-state index contributed by atoms with van der Waals surface area (Å²) < 4.78 is 40.3. The van der Waals surface area contributed by atoms with Crippen LogP contribution in [0.3, 0.4) is 0 Å². The number of imide groups is 1. The van der Waals surface area contributed by atoms with Gasteiger partial charge in [-0.05, 0) is 50.5 Å². The molecular weight excluding hydrogens is 441 g/mol. The van der Waals surface area contributed by atoms with Crippen LogP contribution in [0.4, 0.5) is 9.18 Å². The highest BCUT2D eigenvalue weighted by molar-refractivity contribution is 7.86.